The number of fused-ring (bicyclic) bond motifs is 8. The maximum absolute atomic E-state index is 5.34. The highest BCUT2D eigenvalue weighted by molar-refractivity contribution is 7.26. The van der Waals surface area contributed by atoms with Crippen LogP contribution in [0, 0.1) is 0 Å². The molecule has 0 radical (unpaired) electrons. The second-order valence-corrected chi connectivity index (χ2v) is 16.4. The average molecular weight is 733 g/mol. The molecule has 56 heavy (non-hydrogen) atoms. The van der Waals surface area contributed by atoms with Gasteiger partial charge in [0.2, 0.25) is 0 Å². The second-order valence-electron chi connectivity index (χ2n) is 15.4. The van der Waals surface area contributed by atoms with Crippen LogP contribution in [0.25, 0.3) is 98.2 Å². The van der Waals surface area contributed by atoms with E-state index in [1.165, 1.54) is 64.3 Å². The monoisotopic (exact) mass is 732 g/mol. The fourth-order valence-corrected chi connectivity index (χ4v) is 10.1. The lowest BCUT2D eigenvalue weighted by Gasteiger charge is -2.24. The van der Waals surface area contributed by atoms with Crippen molar-refractivity contribution in [2.24, 2.45) is 0 Å². The summed E-state index contributed by atoms with van der Waals surface area (Å²) in [5, 5.41) is 5.23. The highest BCUT2D eigenvalue weighted by atomic mass is 32.1. The summed E-state index contributed by atoms with van der Waals surface area (Å²) in [4.78, 5) is 10.7. The third kappa shape index (κ3) is 5.23. The molecule has 2 aromatic heterocycles. The lowest BCUT2D eigenvalue weighted by molar-refractivity contribution is 0.662. The summed E-state index contributed by atoms with van der Waals surface area (Å²) in [6.07, 6.45) is 0. The van der Waals surface area contributed by atoms with E-state index in [0.717, 1.165) is 45.0 Å². The summed E-state index contributed by atoms with van der Waals surface area (Å²) in [6.45, 7) is 4.68. The van der Waals surface area contributed by atoms with E-state index in [4.69, 9.17) is 9.97 Å². The fraction of sp³-hybridized carbons (Fsp3) is 0.0566. The molecule has 0 saturated heterocycles. The van der Waals surface area contributed by atoms with Gasteiger partial charge in [0.1, 0.15) is 0 Å². The Labute approximate surface area is 330 Å². The maximum atomic E-state index is 5.34. The number of benzene rings is 8. The molecule has 1 aliphatic carbocycles. The molecule has 0 saturated carbocycles. The molecular formula is C53H36N2S. The zero-order chi connectivity index (χ0) is 37.4. The van der Waals surface area contributed by atoms with E-state index in [1.807, 2.05) is 17.4 Å². The lowest BCUT2D eigenvalue weighted by Crippen LogP contribution is -2.16. The molecule has 0 fully saturated rings. The Kier molecular flexibility index (Phi) is 7.42. The van der Waals surface area contributed by atoms with Gasteiger partial charge in [0, 0.05) is 42.3 Å². The molecule has 1 aliphatic rings. The van der Waals surface area contributed by atoms with E-state index in [2.05, 4.69) is 190 Å². The van der Waals surface area contributed by atoms with Gasteiger partial charge >= 0.3 is 0 Å². The molecule has 0 amide bonds. The Hall–Kier alpha value is -6.68. The Morgan fingerprint density at radius 2 is 1.07 bits per heavy atom. The van der Waals surface area contributed by atoms with Crippen LogP contribution in [0.3, 0.4) is 0 Å². The number of aromatic nitrogens is 2. The van der Waals surface area contributed by atoms with Crippen LogP contribution in [-0.2, 0) is 5.41 Å². The number of thiophene rings is 1. The Morgan fingerprint density at radius 3 is 1.91 bits per heavy atom. The van der Waals surface area contributed by atoms with Crippen LogP contribution >= 0.6 is 11.3 Å². The molecule has 264 valence electrons. The topological polar surface area (TPSA) is 25.8 Å². The first-order chi connectivity index (χ1) is 27.5. The second kappa shape index (κ2) is 12.7. The van der Waals surface area contributed by atoms with Crippen LogP contribution < -0.4 is 0 Å². The first kappa shape index (κ1) is 32.7. The quantitative estimate of drug-likeness (QED) is 0.176. The fourth-order valence-electron chi connectivity index (χ4n) is 8.98. The third-order valence-corrected chi connectivity index (χ3v) is 12.8. The average Bonchev–Trinajstić information content (AvgIpc) is 3.76. The maximum Gasteiger partial charge on any atom is 0.160 e. The lowest BCUT2D eigenvalue weighted by atomic mass is 9.79. The number of rotatable bonds is 5. The molecule has 8 aromatic carbocycles. The van der Waals surface area contributed by atoms with Crippen molar-refractivity contribution in [1.29, 1.82) is 0 Å². The van der Waals surface area contributed by atoms with Gasteiger partial charge in [0.25, 0.3) is 0 Å². The minimum absolute atomic E-state index is 0.182. The largest absolute Gasteiger partial charge is 0.228 e. The van der Waals surface area contributed by atoms with Gasteiger partial charge in [-0.05, 0) is 91.7 Å². The van der Waals surface area contributed by atoms with Crippen LogP contribution in [0.4, 0.5) is 0 Å². The van der Waals surface area contributed by atoms with Crippen LogP contribution in [0.5, 0.6) is 0 Å². The smallest absolute Gasteiger partial charge is 0.160 e. The Balaban J connectivity index is 1.13. The molecule has 0 aliphatic heterocycles. The van der Waals surface area contributed by atoms with Crippen molar-refractivity contribution in [3.05, 3.63) is 193 Å². The van der Waals surface area contributed by atoms with Gasteiger partial charge < -0.3 is 0 Å². The summed E-state index contributed by atoms with van der Waals surface area (Å²) in [7, 11) is 0. The third-order valence-electron chi connectivity index (χ3n) is 11.6. The number of hydrogen-bond donors (Lipinski definition) is 0. The molecule has 0 bridgehead atoms. The zero-order valence-electron chi connectivity index (χ0n) is 31.1. The molecule has 2 heterocycles. The first-order valence-electron chi connectivity index (χ1n) is 19.2. The Morgan fingerprint density at radius 1 is 0.411 bits per heavy atom. The summed E-state index contributed by atoms with van der Waals surface area (Å²) < 4.78 is 2.60. The molecule has 2 nitrogen and oxygen atoms in total. The van der Waals surface area contributed by atoms with Crippen LogP contribution in [0.2, 0.25) is 0 Å². The van der Waals surface area contributed by atoms with E-state index in [9.17, 15) is 0 Å². The predicted molar refractivity (Wildman–Crippen MR) is 237 cm³/mol. The van der Waals surface area contributed by atoms with Crippen molar-refractivity contribution < 1.29 is 0 Å². The van der Waals surface area contributed by atoms with E-state index in [1.54, 1.807) is 0 Å². The highest BCUT2D eigenvalue weighted by Crippen LogP contribution is 2.52. The number of nitrogens with zero attached hydrogens (tertiary/aromatic N) is 2. The summed E-state index contributed by atoms with van der Waals surface area (Å²) in [5.74, 6) is 0.717. The minimum atomic E-state index is -0.182. The molecule has 0 spiro atoms. The van der Waals surface area contributed by atoms with Gasteiger partial charge in [-0.1, -0.05) is 159 Å². The van der Waals surface area contributed by atoms with Crippen LogP contribution in [0.15, 0.2) is 182 Å². The molecular weight excluding hydrogens is 697 g/mol. The predicted octanol–water partition coefficient (Wildman–Crippen LogP) is 14.6. The highest BCUT2D eigenvalue weighted by Gasteiger charge is 2.37. The normalized spacial score (nSPS) is 13.0. The first-order valence-corrected chi connectivity index (χ1v) is 20.0. The van der Waals surface area contributed by atoms with E-state index in [0.29, 0.717) is 0 Å². The van der Waals surface area contributed by atoms with E-state index < -0.39 is 0 Å². The molecule has 0 N–H and O–H groups in total. The van der Waals surface area contributed by atoms with Crippen molar-refractivity contribution in [3.63, 3.8) is 0 Å². The van der Waals surface area contributed by atoms with Crippen molar-refractivity contribution in [2.75, 3.05) is 0 Å². The summed E-state index contributed by atoms with van der Waals surface area (Å²) in [6, 6.07) is 65.9. The zero-order valence-corrected chi connectivity index (χ0v) is 31.9. The number of hydrogen-bond acceptors (Lipinski definition) is 3. The molecule has 11 rings (SSSR count). The summed E-state index contributed by atoms with van der Waals surface area (Å²) >= 11 is 1.87. The van der Waals surface area contributed by atoms with E-state index >= 15 is 0 Å². The van der Waals surface area contributed by atoms with Gasteiger partial charge in [-0.25, -0.2) is 9.97 Å². The molecule has 3 heteroatoms. The Bertz CT molecular complexity index is 3160. The minimum Gasteiger partial charge on any atom is -0.228 e. The van der Waals surface area contributed by atoms with Gasteiger partial charge in [0.15, 0.2) is 5.82 Å². The van der Waals surface area contributed by atoms with Crippen molar-refractivity contribution >= 4 is 42.3 Å². The van der Waals surface area contributed by atoms with Gasteiger partial charge in [-0.15, -0.1) is 11.3 Å². The summed E-state index contributed by atoms with van der Waals surface area (Å²) in [5.41, 5.74) is 14.7. The van der Waals surface area contributed by atoms with Crippen LogP contribution in [0.1, 0.15) is 25.0 Å². The van der Waals surface area contributed by atoms with Crippen molar-refractivity contribution in [2.45, 2.75) is 19.3 Å². The van der Waals surface area contributed by atoms with Gasteiger partial charge in [0.05, 0.1) is 11.4 Å². The van der Waals surface area contributed by atoms with E-state index in [-0.39, 0.29) is 5.41 Å². The molecule has 10 aromatic rings. The SMILES string of the molecule is CC1(C)c2ccccc2-c2cccc(-c3cc(-c4cc(-c5ccccc5)cc(-c5ccc6c(c5)sc5ccc7ccccc7c56)c4)nc(-c4ccccc4)n3)c21. The molecule has 0 atom stereocenters. The van der Waals surface area contributed by atoms with Crippen molar-refractivity contribution in [1.82, 2.24) is 9.97 Å². The van der Waals surface area contributed by atoms with Gasteiger partial charge in [-0.2, -0.15) is 0 Å². The van der Waals surface area contributed by atoms with Crippen molar-refractivity contribution in [3.8, 4) is 67.3 Å². The van der Waals surface area contributed by atoms with Gasteiger partial charge in [-0.3, -0.25) is 0 Å². The molecule has 0 unspecified atom stereocenters. The van der Waals surface area contributed by atoms with Crippen LogP contribution in [-0.4, -0.2) is 9.97 Å². The standard InChI is InChI=1S/C53H36N2S/c1-53(2)45-23-12-11-20-41(45)42-21-13-22-43(51(42)53)47-32-46(54-52(55-47)35-17-7-4-8-18-35)39-29-37(33-14-5-3-6-15-33)28-38(30-39)36-24-26-44-49(31-36)56-48-27-25-34-16-9-10-19-40(34)50(44)48/h3-32H,1-2H3.